The van der Waals surface area contributed by atoms with E-state index in [4.69, 9.17) is 9.84 Å². The van der Waals surface area contributed by atoms with Gasteiger partial charge in [0.2, 0.25) is 0 Å². The first-order chi connectivity index (χ1) is 9.79. The fourth-order valence-electron chi connectivity index (χ4n) is 2.20. The van der Waals surface area contributed by atoms with E-state index in [9.17, 15) is 9.59 Å². The molecule has 1 aromatic heterocycles. The molecule has 0 saturated carbocycles. The molecule has 2 amide bonds. The van der Waals surface area contributed by atoms with Crippen LogP contribution < -0.4 is 0 Å². The Labute approximate surface area is 121 Å². The fraction of sp³-hybridized carbons (Fsp3) is 0.667. The molecule has 1 saturated heterocycles. The van der Waals surface area contributed by atoms with Gasteiger partial charge in [-0.15, -0.1) is 0 Å². The van der Waals surface area contributed by atoms with Crippen LogP contribution >= 0.6 is 0 Å². The standard InChI is InChI=1S/C12H19N5O4/c1-8-13-9(15-14-8)4-16(3)11(20)17-6-12(2,7-17)21-5-10(18)19/h4-7H2,1-3H3,(H,18,19)(H,13,14,15). The highest BCUT2D eigenvalue weighted by Crippen LogP contribution is 2.25. The zero-order valence-electron chi connectivity index (χ0n) is 12.3. The van der Waals surface area contributed by atoms with Gasteiger partial charge in [0.15, 0.2) is 5.82 Å². The van der Waals surface area contributed by atoms with Crippen molar-refractivity contribution >= 4 is 12.0 Å². The van der Waals surface area contributed by atoms with Gasteiger partial charge in [-0.1, -0.05) is 0 Å². The number of H-pyrrole nitrogens is 1. The van der Waals surface area contributed by atoms with E-state index in [1.807, 2.05) is 0 Å². The second kappa shape index (κ2) is 5.68. The SMILES string of the molecule is Cc1nc(CN(C)C(=O)N2CC(C)(OCC(=O)O)C2)n[nH]1. The van der Waals surface area contributed by atoms with Crippen molar-refractivity contribution in [3.63, 3.8) is 0 Å². The number of aromatic nitrogens is 3. The third-order valence-corrected chi connectivity index (χ3v) is 3.21. The molecule has 116 valence electrons. The Morgan fingerprint density at radius 2 is 2.19 bits per heavy atom. The van der Waals surface area contributed by atoms with Gasteiger partial charge < -0.3 is 19.6 Å². The maximum atomic E-state index is 12.2. The highest BCUT2D eigenvalue weighted by Gasteiger charge is 2.43. The number of nitrogens with one attached hydrogen (secondary N) is 1. The number of rotatable bonds is 5. The molecule has 2 rings (SSSR count). The van der Waals surface area contributed by atoms with Gasteiger partial charge in [0.25, 0.3) is 0 Å². The monoisotopic (exact) mass is 297 g/mol. The number of hydrogen-bond donors (Lipinski definition) is 2. The molecule has 2 heterocycles. The lowest BCUT2D eigenvalue weighted by Gasteiger charge is -2.48. The molecule has 0 aliphatic carbocycles. The molecule has 1 aliphatic heterocycles. The number of carbonyl (C=O) groups excluding carboxylic acids is 1. The molecule has 9 nitrogen and oxygen atoms in total. The number of urea groups is 1. The number of aryl methyl sites for hydroxylation is 1. The Morgan fingerprint density at radius 3 is 2.71 bits per heavy atom. The van der Waals surface area contributed by atoms with Gasteiger partial charge in [-0.2, -0.15) is 5.10 Å². The van der Waals surface area contributed by atoms with Gasteiger partial charge >= 0.3 is 12.0 Å². The third kappa shape index (κ3) is 3.69. The van der Waals surface area contributed by atoms with Crippen LogP contribution in [0.5, 0.6) is 0 Å². The van der Waals surface area contributed by atoms with Gasteiger partial charge in [-0.25, -0.2) is 14.6 Å². The molecule has 0 bridgehead atoms. The number of nitrogens with zero attached hydrogens (tertiary/aromatic N) is 4. The van der Waals surface area contributed by atoms with E-state index in [0.29, 0.717) is 31.3 Å². The Hall–Kier alpha value is -2.16. The first-order valence-corrected chi connectivity index (χ1v) is 6.53. The molecule has 1 fully saturated rings. The Kier molecular flexibility index (Phi) is 4.12. The average Bonchev–Trinajstić information content (AvgIpc) is 2.77. The van der Waals surface area contributed by atoms with Crippen molar-refractivity contribution in [2.24, 2.45) is 0 Å². The first kappa shape index (κ1) is 15.2. The molecular weight excluding hydrogens is 278 g/mol. The van der Waals surface area contributed by atoms with Crippen LogP contribution in [0, 0.1) is 6.92 Å². The predicted molar refractivity (Wildman–Crippen MR) is 71.5 cm³/mol. The molecule has 9 heteroatoms. The molecule has 1 aromatic rings. The quantitative estimate of drug-likeness (QED) is 0.781. The van der Waals surface area contributed by atoms with Gasteiger partial charge in [0.05, 0.1) is 19.6 Å². The fourth-order valence-corrected chi connectivity index (χ4v) is 2.20. The largest absolute Gasteiger partial charge is 0.480 e. The van der Waals surface area contributed by atoms with Gasteiger partial charge in [-0.3, -0.25) is 5.10 Å². The summed E-state index contributed by atoms with van der Waals surface area (Å²) >= 11 is 0. The molecular formula is C12H19N5O4. The normalized spacial score (nSPS) is 16.4. The minimum absolute atomic E-state index is 0.158. The summed E-state index contributed by atoms with van der Waals surface area (Å²) in [4.78, 5) is 29.9. The van der Waals surface area contributed by atoms with Gasteiger partial charge in [0.1, 0.15) is 18.0 Å². The maximum absolute atomic E-state index is 12.2. The van der Waals surface area contributed by atoms with Gasteiger partial charge in [-0.05, 0) is 13.8 Å². The third-order valence-electron chi connectivity index (χ3n) is 3.21. The van der Waals surface area contributed by atoms with Crippen LogP contribution in [-0.4, -0.2) is 74.4 Å². The zero-order valence-corrected chi connectivity index (χ0v) is 12.3. The Bertz CT molecular complexity index is 538. The van der Waals surface area contributed by atoms with Crippen LogP contribution in [0.3, 0.4) is 0 Å². The maximum Gasteiger partial charge on any atom is 0.329 e. The van der Waals surface area contributed by atoms with E-state index in [-0.39, 0.29) is 12.6 Å². The molecule has 0 unspecified atom stereocenters. The van der Waals surface area contributed by atoms with Crippen LogP contribution in [-0.2, 0) is 16.1 Å². The van der Waals surface area contributed by atoms with Gasteiger partial charge in [0, 0.05) is 7.05 Å². The summed E-state index contributed by atoms with van der Waals surface area (Å²) in [5, 5.41) is 15.3. The lowest BCUT2D eigenvalue weighted by atomic mass is 9.97. The number of carboxylic acid groups (broad SMARTS) is 1. The van der Waals surface area contributed by atoms with Crippen LogP contribution in [0.25, 0.3) is 0 Å². The summed E-state index contributed by atoms with van der Waals surface area (Å²) in [5.41, 5.74) is -0.587. The van der Waals surface area contributed by atoms with Crippen LogP contribution in [0.15, 0.2) is 0 Å². The number of carbonyl (C=O) groups is 2. The lowest BCUT2D eigenvalue weighted by molar-refractivity contribution is -0.160. The van der Waals surface area contributed by atoms with Crippen molar-refractivity contribution in [3.8, 4) is 0 Å². The van der Waals surface area contributed by atoms with E-state index in [1.54, 1.807) is 25.8 Å². The molecule has 0 spiro atoms. The number of aliphatic carboxylic acids is 1. The number of likely N-dealkylation sites (tertiary alicyclic amines) is 1. The number of amides is 2. The number of ether oxygens (including phenoxy) is 1. The van der Waals surface area contributed by atoms with E-state index < -0.39 is 11.6 Å². The van der Waals surface area contributed by atoms with Crippen molar-refractivity contribution < 1.29 is 19.4 Å². The molecule has 0 atom stereocenters. The molecule has 0 radical (unpaired) electrons. The van der Waals surface area contributed by atoms with Crippen molar-refractivity contribution in [3.05, 3.63) is 11.6 Å². The van der Waals surface area contributed by atoms with Crippen molar-refractivity contribution in [1.29, 1.82) is 0 Å². The smallest absolute Gasteiger partial charge is 0.329 e. The van der Waals surface area contributed by atoms with Crippen LogP contribution in [0.2, 0.25) is 0 Å². The molecule has 1 aliphatic rings. The van der Waals surface area contributed by atoms with Crippen LogP contribution in [0.4, 0.5) is 4.79 Å². The first-order valence-electron chi connectivity index (χ1n) is 6.53. The second-order valence-corrected chi connectivity index (χ2v) is 5.46. The summed E-state index contributed by atoms with van der Waals surface area (Å²) in [7, 11) is 1.67. The lowest BCUT2D eigenvalue weighted by Crippen LogP contribution is -2.65. The van der Waals surface area contributed by atoms with Crippen LogP contribution in [0.1, 0.15) is 18.6 Å². The van der Waals surface area contributed by atoms with E-state index >= 15 is 0 Å². The zero-order chi connectivity index (χ0) is 15.6. The molecule has 0 aromatic carbocycles. The topological polar surface area (TPSA) is 112 Å². The molecule has 21 heavy (non-hydrogen) atoms. The van der Waals surface area contributed by atoms with Crippen molar-refractivity contribution in [1.82, 2.24) is 25.0 Å². The number of aromatic amines is 1. The second-order valence-electron chi connectivity index (χ2n) is 5.46. The summed E-state index contributed by atoms with van der Waals surface area (Å²) in [5.74, 6) is 0.233. The predicted octanol–water partition coefficient (Wildman–Crippen LogP) is -0.160. The minimum atomic E-state index is -1.02. The van der Waals surface area contributed by atoms with Crippen molar-refractivity contribution in [2.75, 3.05) is 26.7 Å². The minimum Gasteiger partial charge on any atom is -0.480 e. The van der Waals surface area contributed by atoms with E-state index in [1.165, 1.54) is 4.90 Å². The van der Waals surface area contributed by atoms with E-state index in [2.05, 4.69) is 15.2 Å². The Morgan fingerprint density at radius 1 is 1.52 bits per heavy atom. The highest BCUT2D eigenvalue weighted by molar-refractivity contribution is 5.75. The number of carboxylic acids is 1. The summed E-state index contributed by atoms with van der Waals surface area (Å²) in [6, 6.07) is -0.158. The Balaban J connectivity index is 1.81. The average molecular weight is 297 g/mol. The molecule has 2 N–H and O–H groups in total. The summed E-state index contributed by atoms with van der Waals surface area (Å²) < 4.78 is 5.27. The van der Waals surface area contributed by atoms with Crippen molar-refractivity contribution in [2.45, 2.75) is 26.0 Å². The van der Waals surface area contributed by atoms with E-state index in [0.717, 1.165) is 0 Å². The summed E-state index contributed by atoms with van der Waals surface area (Å²) in [6.07, 6.45) is 0. The highest BCUT2D eigenvalue weighted by atomic mass is 16.5. The number of hydrogen-bond acceptors (Lipinski definition) is 5. The summed E-state index contributed by atoms with van der Waals surface area (Å²) in [6.45, 7) is 4.28.